The fourth-order valence-electron chi connectivity index (χ4n) is 2.41. The molecule has 0 spiro atoms. The molecule has 0 radical (unpaired) electrons. The zero-order valence-electron chi connectivity index (χ0n) is 11.0. The van der Waals surface area contributed by atoms with Gasteiger partial charge in [-0.2, -0.15) is 5.10 Å². The van der Waals surface area contributed by atoms with Gasteiger partial charge in [0.25, 0.3) is 0 Å². The Morgan fingerprint density at radius 2 is 2.35 bits per heavy atom. The smallest absolute Gasteiger partial charge is 0.0534 e. The van der Waals surface area contributed by atoms with E-state index in [1.54, 1.807) is 0 Å². The van der Waals surface area contributed by atoms with E-state index in [4.69, 9.17) is 0 Å². The molecule has 1 unspecified atom stereocenters. The normalized spacial score (nSPS) is 22.6. The molecular weight excluding hydrogens is 212 g/mol. The first-order valence-electron chi connectivity index (χ1n) is 6.79. The average molecular weight is 236 g/mol. The number of rotatable bonds is 4. The highest BCUT2D eigenvalue weighted by molar-refractivity contribution is 5.03. The molecule has 96 valence electrons. The van der Waals surface area contributed by atoms with Gasteiger partial charge in [0, 0.05) is 37.4 Å². The van der Waals surface area contributed by atoms with E-state index in [1.165, 1.54) is 24.9 Å². The summed E-state index contributed by atoms with van der Waals surface area (Å²) in [5.41, 5.74) is 1.34. The Kier molecular flexibility index (Phi) is 4.57. The summed E-state index contributed by atoms with van der Waals surface area (Å²) in [5, 5.41) is 7.94. The molecule has 1 N–H and O–H groups in total. The standard InChI is InChI=1S/C13H24N4/c1-3-13-11-16(7-5-6-14-13)9-12-8-15-17(4-2)10-12/h8,10,13-14H,3-7,9,11H2,1-2H3. The molecule has 1 aromatic rings. The van der Waals surface area contributed by atoms with Gasteiger partial charge in [-0.15, -0.1) is 0 Å². The van der Waals surface area contributed by atoms with Crippen LogP contribution in [-0.4, -0.2) is 40.4 Å². The molecule has 1 atom stereocenters. The van der Waals surface area contributed by atoms with Crippen molar-refractivity contribution in [1.29, 1.82) is 0 Å². The second-order valence-electron chi connectivity index (χ2n) is 4.85. The van der Waals surface area contributed by atoms with Gasteiger partial charge in [-0.3, -0.25) is 9.58 Å². The Bertz CT molecular complexity index is 334. The molecule has 4 heteroatoms. The number of hydrogen-bond acceptors (Lipinski definition) is 3. The fraction of sp³-hybridized carbons (Fsp3) is 0.769. The largest absolute Gasteiger partial charge is 0.313 e. The van der Waals surface area contributed by atoms with Crippen LogP contribution in [0.5, 0.6) is 0 Å². The lowest BCUT2D eigenvalue weighted by molar-refractivity contribution is 0.257. The molecule has 0 bridgehead atoms. The van der Waals surface area contributed by atoms with Gasteiger partial charge < -0.3 is 5.32 Å². The highest BCUT2D eigenvalue weighted by Gasteiger charge is 2.16. The number of aryl methyl sites for hydroxylation is 1. The molecule has 1 aliphatic heterocycles. The Morgan fingerprint density at radius 3 is 3.06 bits per heavy atom. The number of hydrogen-bond donors (Lipinski definition) is 1. The van der Waals surface area contributed by atoms with Crippen LogP contribution in [0.2, 0.25) is 0 Å². The van der Waals surface area contributed by atoms with Gasteiger partial charge in [0.1, 0.15) is 0 Å². The summed E-state index contributed by atoms with van der Waals surface area (Å²) < 4.78 is 2.00. The number of nitrogens with zero attached hydrogens (tertiary/aromatic N) is 3. The van der Waals surface area contributed by atoms with Gasteiger partial charge >= 0.3 is 0 Å². The number of aromatic nitrogens is 2. The zero-order chi connectivity index (χ0) is 12.1. The molecule has 0 aromatic carbocycles. The van der Waals surface area contributed by atoms with Crippen LogP contribution in [0.3, 0.4) is 0 Å². The van der Waals surface area contributed by atoms with Crippen LogP contribution in [0.4, 0.5) is 0 Å². The van der Waals surface area contributed by atoms with Crippen LogP contribution in [-0.2, 0) is 13.1 Å². The maximum atomic E-state index is 4.34. The quantitative estimate of drug-likeness (QED) is 0.859. The lowest BCUT2D eigenvalue weighted by atomic mass is 10.2. The van der Waals surface area contributed by atoms with Gasteiger partial charge in [-0.05, 0) is 32.9 Å². The monoisotopic (exact) mass is 236 g/mol. The molecule has 1 aromatic heterocycles. The van der Waals surface area contributed by atoms with Crippen molar-refractivity contribution in [2.24, 2.45) is 0 Å². The second-order valence-corrected chi connectivity index (χ2v) is 4.85. The van der Waals surface area contributed by atoms with E-state index in [0.29, 0.717) is 6.04 Å². The van der Waals surface area contributed by atoms with Crippen LogP contribution < -0.4 is 5.32 Å². The minimum atomic E-state index is 0.652. The Labute approximate surface area is 104 Å². The number of nitrogens with one attached hydrogen (secondary N) is 1. The zero-order valence-corrected chi connectivity index (χ0v) is 11.0. The van der Waals surface area contributed by atoms with E-state index < -0.39 is 0 Å². The SMILES string of the molecule is CCC1CN(Cc2cnn(CC)c2)CCCN1. The van der Waals surface area contributed by atoms with Gasteiger partial charge in [0.05, 0.1) is 6.20 Å². The van der Waals surface area contributed by atoms with Crippen molar-refractivity contribution in [2.45, 2.75) is 45.8 Å². The van der Waals surface area contributed by atoms with Crippen molar-refractivity contribution in [2.75, 3.05) is 19.6 Å². The molecule has 1 fully saturated rings. The van der Waals surface area contributed by atoms with Crippen LogP contribution >= 0.6 is 0 Å². The van der Waals surface area contributed by atoms with Crippen molar-refractivity contribution in [3.8, 4) is 0 Å². The first kappa shape index (κ1) is 12.6. The van der Waals surface area contributed by atoms with E-state index >= 15 is 0 Å². The molecule has 4 nitrogen and oxygen atoms in total. The summed E-state index contributed by atoms with van der Waals surface area (Å²) in [5.74, 6) is 0. The van der Waals surface area contributed by atoms with Crippen molar-refractivity contribution in [1.82, 2.24) is 20.0 Å². The van der Waals surface area contributed by atoms with Gasteiger partial charge in [-0.25, -0.2) is 0 Å². The summed E-state index contributed by atoms with van der Waals surface area (Å²) in [6.45, 7) is 9.89. The molecule has 1 aliphatic rings. The first-order valence-corrected chi connectivity index (χ1v) is 6.79. The van der Waals surface area contributed by atoms with Crippen molar-refractivity contribution in [3.63, 3.8) is 0 Å². The van der Waals surface area contributed by atoms with Crippen LogP contribution in [0, 0.1) is 0 Å². The second kappa shape index (κ2) is 6.17. The first-order chi connectivity index (χ1) is 8.31. The van der Waals surface area contributed by atoms with E-state index in [1.807, 2.05) is 10.9 Å². The topological polar surface area (TPSA) is 33.1 Å². The Morgan fingerprint density at radius 1 is 1.47 bits per heavy atom. The molecule has 17 heavy (non-hydrogen) atoms. The molecule has 0 amide bonds. The summed E-state index contributed by atoms with van der Waals surface area (Å²) in [4.78, 5) is 2.55. The molecule has 0 aliphatic carbocycles. The minimum Gasteiger partial charge on any atom is -0.313 e. The summed E-state index contributed by atoms with van der Waals surface area (Å²) in [7, 11) is 0. The van der Waals surface area contributed by atoms with E-state index in [9.17, 15) is 0 Å². The molecule has 2 rings (SSSR count). The lowest BCUT2D eigenvalue weighted by Gasteiger charge is -2.22. The molecule has 0 saturated carbocycles. The van der Waals surface area contributed by atoms with Crippen LogP contribution in [0.1, 0.15) is 32.3 Å². The third-order valence-corrected chi connectivity index (χ3v) is 3.47. The maximum Gasteiger partial charge on any atom is 0.0534 e. The van der Waals surface area contributed by atoms with Crippen LogP contribution in [0.25, 0.3) is 0 Å². The van der Waals surface area contributed by atoms with Crippen molar-refractivity contribution >= 4 is 0 Å². The highest BCUT2D eigenvalue weighted by Crippen LogP contribution is 2.09. The Hall–Kier alpha value is -0.870. The summed E-state index contributed by atoms with van der Waals surface area (Å²) in [6, 6.07) is 0.652. The predicted molar refractivity (Wildman–Crippen MR) is 69.9 cm³/mol. The van der Waals surface area contributed by atoms with E-state index in [-0.39, 0.29) is 0 Å². The van der Waals surface area contributed by atoms with E-state index in [0.717, 1.165) is 26.2 Å². The third kappa shape index (κ3) is 3.54. The van der Waals surface area contributed by atoms with Gasteiger partial charge in [0.15, 0.2) is 0 Å². The van der Waals surface area contributed by atoms with E-state index in [2.05, 4.69) is 35.4 Å². The van der Waals surface area contributed by atoms with Crippen molar-refractivity contribution in [3.05, 3.63) is 18.0 Å². The minimum absolute atomic E-state index is 0.652. The fourth-order valence-corrected chi connectivity index (χ4v) is 2.41. The predicted octanol–water partition coefficient (Wildman–Crippen LogP) is 1.48. The van der Waals surface area contributed by atoms with Crippen molar-refractivity contribution < 1.29 is 0 Å². The molecule has 1 saturated heterocycles. The highest BCUT2D eigenvalue weighted by atomic mass is 15.3. The molecule has 2 heterocycles. The maximum absolute atomic E-state index is 4.34. The van der Waals surface area contributed by atoms with Crippen LogP contribution in [0.15, 0.2) is 12.4 Å². The average Bonchev–Trinajstić information content (AvgIpc) is 2.67. The van der Waals surface area contributed by atoms with Gasteiger partial charge in [-0.1, -0.05) is 6.92 Å². The summed E-state index contributed by atoms with van der Waals surface area (Å²) in [6.07, 6.45) is 6.63. The third-order valence-electron chi connectivity index (χ3n) is 3.47. The molecular formula is C13H24N4. The summed E-state index contributed by atoms with van der Waals surface area (Å²) >= 11 is 0. The van der Waals surface area contributed by atoms with Gasteiger partial charge in [0.2, 0.25) is 0 Å². The Balaban J connectivity index is 1.92. The lowest BCUT2D eigenvalue weighted by Crippen LogP contribution is -2.36.